The molecule has 0 bridgehead atoms. The summed E-state index contributed by atoms with van der Waals surface area (Å²) < 4.78 is 15.9. The second kappa shape index (κ2) is 7.12. The van der Waals surface area contributed by atoms with Crippen LogP contribution in [0.15, 0.2) is 60.9 Å². The molecule has 0 aliphatic rings. The van der Waals surface area contributed by atoms with E-state index in [4.69, 9.17) is 0 Å². The maximum absolute atomic E-state index is 13.2. The van der Waals surface area contributed by atoms with Gasteiger partial charge in [-0.1, -0.05) is 24.3 Å². The van der Waals surface area contributed by atoms with Gasteiger partial charge in [0.15, 0.2) is 0 Å². The fourth-order valence-corrected chi connectivity index (χ4v) is 3.09. The first-order valence-corrected chi connectivity index (χ1v) is 8.42. The topological polar surface area (TPSA) is 46.9 Å². The highest BCUT2D eigenvalue weighted by Gasteiger charge is 2.22. The Hall–Kier alpha value is -2.22. The molecule has 0 unspecified atom stereocenters. The van der Waals surface area contributed by atoms with E-state index in [1.165, 1.54) is 12.1 Å². The van der Waals surface area contributed by atoms with Gasteiger partial charge in [0.05, 0.1) is 5.56 Å². The number of nitrogens with one attached hydrogen (secondary N) is 1. The lowest BCUT2D eigenvalue weighted by Gasteiger charge is -2.19. The van der Waals surface area contributed by atoms with Crippen LogP contribution in [0, 0.1) is 9.39 Å². The molecule has 0 aliphatic carbocycles. The van der Waals surface area contributed by atoms with E-state index in [9.17, 15) is 9.18 Å². The molecule has 1 N–H and O–H groups in total. The molecule has 0 radical (unpaired) electrons. The molecule has 1 atom stereocenters. The van der Waals surface area contributed by atoms with Crippen molar-refractivity contribution >= 4 is 28.5 Å². The Morgan fingerprint density at radius 3 is 2.54 bits per heavy atom. The van der Waals surface area contributed by atoms with Gasteiger partial charge in [0, 0.05) is 23.0 Å². The third-order valence-electron chi connectivity index (χ3n) is 3.71. The first-order valence-electron chi connectivity index (χ1n) is 7.34. The number of aromatic nitrogens is 2. The van der Waals surface area contributed by atoms with Gasteiger partial charge in [-0.15, -0.1) is 0 Å². The third-order valence-corrected chi connectivity index (χ3v) is 4.65. The van der Waals surface area contributed by atoms with Crippen molar-refractivity contribution < 1.29 is 9.18 Å². The molecule has 2 aromatic carbocycles. The highest BCUT2D eigenvalue weighted by molar-refractivity contribution is 14.1. The van der Waals surface area contributed by atoms with Crippen LogP contribution in [0.3, 0.4) is 0 Å². The molecule has 3 rings (SSSR count). The monoisotopic (exact) mass is 435 g/mol. The van der Waals surface area contributed by atoms with Gasteiger partial charge in [0.2, 0.25) is 0 Å². The van der Waals surface area contributed by atoms with Crippen LogP contribution in [0.2, 0.25) is 0 Å². The first kappa shape index (κ1) is 16.6. The number of amides is 1. The number of hydrogen-bond donors (Lipinski definition) is 1. The molecule has 0 fully saturated rings. The highest BCUT2D eigenvalue weighted by Crippen LogP contribution is 2.22. The van der Waals surface area contributed by atoms with Crippen molar-refractivity contribution in [3.05, 3.63) is 87.3 Å². The summed E-state index contributed by atoms with van der Waals surface area (Å²) in [6, 6.07) is 13.0. The molecule has 0 aliphatic heterocycles. The van der Waals surface area contributed by atoms with Gasteiger partial charge < -0.3 is 9.88 Å². The summed E-state index contributed by atoms with van der Waals surface area (Å²) in [5, 5.41) is 3.00. The van der Waals surface area contributed by atoms with E-state index < -0.39 is 6.04 Å². The number of imidazole rings is 1. The third kappa shape index (κ3) is 3.48. The van der Waals surface area contributed by atoms with E-state index in [0.717, 1.165) is 9.13 Å². The average Bonchev–Trinajstić information content (AvgIpc) is 2.99. The fraction of sp³-hybridized carbons (Fsp3) is 0.111. The van der Waals surface area contributed by atoms with Gasteiger partial charge in [-0.05, 0) is 52.4 Å². The number of carbonyl (C=O) groups is 1. The van der Waals surface area contributed by atoms with Crippen molar-refractivity contribution in [3.8, 4) is 0 Å². The number of rotatable bonds is 4. The van der Waals surface area contributed by atoms with Crippen molar-refractivity contribution in [1.29, 1.82) is 0 Å². The predicted molar refractivity (Wildman–Crippen MR) is 98.1 cm³/mol. The van der Waals surface area contributed by atoms with Gasteiger partial charge in [-0.25, -0.2) is 9.37 Å². The van der Waals surface area contributed by atoms with Gasteiger partial charge in [0.1, 0.15) is 17.7 Å². The molecule has 1 aromatic heterocycles. The van der Waals surface area contributed by atoms with Gasteiger partial charge in [-0.2, -0.15) is 0 Å². The van der Waals surface area contributed by atoms with Crippen LogP contribution in [0.4, 0.5) is 4.39 Å². The molecule has 0 spiro atoms. The summed E-state index contributed by atoms with van der Waals surface area (Å²) in [5.41, 5.74) is 1.37. The van der Waals surface area contributed by atoms with Crippen LogP contribution in [0.5, 0.6) is 0 Å². The minimum absolute atomic E-state index is 0.197. The molecule has 24 heavy (non-hydrogen) atoms. The molecule has 0 saturated heterocycles. The second-order valence-electron chi connectivity index (χ2n) is 5.33. The number of hydrogen-bond acceptors (Lipinski definition) is 2. The summed E-state index contributed by atoms with van der Waals surface area (Å²) in [5.74, 6) is 0.166. The second-order valence-corrected chi connectivity index (χ2v) is 6.50. The maximum Gasteiger partial charge on any atom is 0.253 e. The molecule has 0 saturated carbocycles. The van der Waals surface area contributed by atoms with Crippen molar-refractivity contribution in [1.82, 2.24) is 14.9 Å². The van der Waals surface area contributed by atoms with Gasteiger partial charge in [0.25, 0.3) is 5.91 Å². The summed E-state index contributed by atoms with van der Waals surface area (Å²) in [4.78, 5) is 17.0. The van der Waals surface area contributed by atoms with Crippen molar-refractivity contribution in [2.45, 2.75) is 6.04 Å². The number of nitrogens with zero attached hydrogens (tertiary/aromatic N) is 2. The van der Waals surface area contributed by atoms with Crippen LogP contribution < -0.4 is 5.32 Å². The quantitative estimate of drug-likeness (QED) is 0.636. The van der Waals surface area contributed by atoms with E-state index in [0.29, 0.717) is 11.4 Å². The van der Waals surface area contributed by atoms with E-state index >= 15 is 0 Å². The normalized spacial score (nSPS) is 12.0. The molecule has 3 aromatic rings. The van der Waals surface area contributed by atoms with Crippen molar-refractivity contribution in [2.24, 2.45) is 7.05 Å². The van der Waals surface area contributed by atoms with E-state index in [-0.39, 0.29) is 11.7 Å². The highest BCUT2D eigenvalue weighted by atomic mass is 127. The lowest BCUT2D eigenvalue weighted by Crippen LogP contribution is -2.31. The number of aryl methyl sites for hydroxylation is 1. The number of carbonyl (C=O) groups excluding carboxylic acids is 1. The molecule has 1 amide bonds. The van der Waals surface area contributed by atoms with Crippen LogP contribution in [0.25, 0.3) is 0 Å². The molecule has 122 valence electrons. The van der Waals surface area contributed by atoms with Crippen molar-refractivity contribution in [2.75, 3.05) is 0 Å². The summed E-state index contributed by atoms with van der Waals surface area (Å²) in [7, 11) is 1.86. The first-order chi connectivity index (χ1) is 11.6. The minimum atomic E-state index is -0.464. The minimum Gasteiger partial charge on any atom is -0.338 e. The van der Waals surface area contributed by atoms with Gasteiger partial charge >= 0.3 is 0 Å². The standard InChI is InChI=1S/C18H15FIN3O/c1-23-11-10-21-17(23)16(12-6-8-13(19)9-7-12)22-18(24)14-4-2-3-5-15(14)20/h2-11,16H,1H3,(H,22,24)/t16-/m1/s1. The van der Waals surface area contributed by atoms with E-state index in [1.807, 2.05) is 36.0 Å². The summed E-state index contributed by atoms with van der Waals surface area (Å²) in [6.07, 6.45) is 3.48. The van der Waals surface area contributed by atoms with Crippen LogP contribution in [-0.2, 0) is 7.05 Å². The maximum atomic E-state index is 13.2. The van der Waals surface area contributed by atoms with Gasteiger partial charge in [-0.3, -0.25) is 4.79 Å². The van der Waals surface area contributed by atoms with Crippen LogP contribution in [-0.4, -0.2) is 15.5 Å². The fourth-order valence-electron chi connectivity index (χ4n) is 2.46. The smallest absolute Gasteiger partial charge is 0.253 e. The molecular weight excluding hydrogens is 420 g/mol. The molecule has 4 nitrogen and oxygen atoms in total. The Morgan fingerprint density at radius 1 is 1.21 bits per heavy atom. The zero-order valence-electron chi connectivity index (χ0n) is 12.9. The van der Waals surface area contributed by atoms with Crippen molar-refractivity contribution in [3.63, 3.8) is 0 Å². The zero-order chi connectivity index (χ0) is 17.1. The van der Waals surface area contributed by atoms with E-state index in [2.05, 4.69) is 32.9 Å². The number of halogens is 2. The Morgan fingerprint density at radius 2 is 1.92 bits per heavy atom. The van der Waals surface area contributed by atoms with E-state index in [1.54, 1.807) is 24.4 Å². The average molecular weight is 435 g/mol. The molecule has 6 heteroatoms. The van der Waals surface area contributed by atoms with Crippen LogP contribution in [0.1, 0.15) is 27.8 Å². The largest absolute Gasteiger partial charge is 0.338 e. The summed E-state index contributed by atoms with van der Waals surface area (Å²) in [6.45, 7) is 0. The zero-order valence-corrected chi connectivity index (χ0v) is 15.1. The Labute approximate surface area is 152 Å². The lowest BCUT2D eigenvalue weighted by atomic mass is 10.1. The Balaban J connectivity index is 1.97. The Bertz CT molecular complexity index is 861. The number of benzene rings is 2. The lowest BCUT2D eigenvalue weighted by molar-refractivity contribution is 0.0940. The predicted octanol–water partition coefficient (Wildman–Crippen LogP) is 3.68. The van der Waals surface area contributed by atoms with Crippen LogP contribution >= 0.6 is 22.6 Å². The molecule has 1 heterocycles. The summed E-state index contributed by atoms with van der Waals surface area (Å²) >= 11 is 2.13. The SMILES string of the molecule is Cn1ccnc1[C@H](NC(=O)c1ccccc1I)c1ccc(F)cc1. The Kier molecular flexibility index (Phi) is 4.94. The molecular formula is C18H15FIN3O.